The van der Waals surface area contributed by atoms with Crippen LogP contribution in [-0.4, -0.2) is 17.0 Å². The highest BCUT2D eigenvalue weighted by Crippen LogP contribution is 2.26. The van der Waals surface area contributed by atoms with Gasteiger partial charge >= 0.3 is 5.97 Å². The van der Waals surface area contributed by atoms with Crippen LogP contribution in [0.25, 0.3) is 0 Å². The number of rotatable bonds is 5. The molecule has 0 saturated carbocycles. The molecule has 0 spiro atoms. The molecule has 1 amide bonds. The molecular formula is C12H12ClNO3. The maximum Gasteiger partial charge on any atom is 0.337 e. The van der Waals surface area contributed by atoms with E-state index in [0.717, 1.165) is 0 Å². The molecule has 1 aromatic rings. The third-order valence-electron chi connectivity index (χ3n) is 2.08. The first-order valence-electron chi connectivity index (χ1n) is 4.98. The molecule has 1 aromatic carbocycles. The maximum atomic E-state index is 11.5. The van der Waals surface area contributed by atoms with Gasteiger partial charge in [-0.1, -0.05) is 23.7 Å². The van der Waals surface area contributed by atoms with E-state index in [0.29, 0.717) is 6.42 Å². The smallest absolute Gasteiger partial charge is 0.337 e. The van der Waals surface area contributed by atoms with Crippen molar-refractivity contribution in [2.24, 2.45) is 0 Å². The van der Waals surface area contributed by atoms with Gasteiger partial charge in [0.05, 0.1) is 16.3 Å². The lowest BCUT2D eigenvalue weighted by Crippen LogP contribution is -2.14. The van der Waals surface area contributed by atoms with Crippen LogP contribution in [0.3, 0.4) is 0 Å². The minimum absolute atomic E-state index is 0.0237. The van der Waals surface area contributed by atoms with E-state index >= 15 is 0 Å². The summed E-state index contributed by atoms with van der Waals surface area (Å²) in [4.78, 5) is 22.4. The second kappa shape index (κ2) is 6.06. The van der Waals surface area contributed by atoms with Gasteiger partial charge in [0.1, 0.15) is 0 Å². The summed E-state index contributed by atoms with van der Waals surface area (Å²) < 4.78 is 0. The van der Waals surface area contributed by atoms with Gasteiger partial charge in [0.15, 0.2) is 0 Å². The van der Waals surface area contributed by atoms with E-state index in [2.05, 4.69) is 11.9 Å². The van der Waals surface area contributed by atoms with E-state index < -0.39 is 5.97 Å². The Morgan fingerprint density at radius 1 is 1.47 bits per heavy atom. The molecule has 0 bridgehead atoms. The molecule has 4 nitrogen and oxygen atoms in total. The monoisotopic (exact) mass is 253 g/mol. The minimum Gasteiger partial charge on any atom is -0.478 e. The molecule has 0 saturated heterocycles. The van der Waals surface area contributed by atoms with Crippen molar-refractivity contribution < 1.29 is 14.7 Å². The van der Waals surface area contributed by atoms with Gasteiger partial charge in [-0.25, -0.2) is 4.79 Å². The molecule has 0 aliphatic rings. The third-order valence-corrected chi connectivity index (χ3v) is 2.40. The summed E-state index contributed by atoms with van der Waals surface area (Å²) in [5, 5.41) is 11.7. The molecule has 5 heteroatoms. The summed E-state index contributed by atoms with van der Waals surface area (Å²) >= 11 is 5.85. The van der Waals surface area contributed by atoms with Crippen molar-refractivity contribution in [1.29, 1.82) is 0 Å². The van der Waals surface area contributed by atoms with Crippen molar-refractivity contribution in [2.45, 2.75) is 12.8 Å². The number of carbonyl (C=O) groups excluding carboxylic acids is 1. The molecule has 1 rings (SSSR count). The Kier molecular flexibility index (Phi) is 4.72. The highest BCUT2D eigenvalue weighted by Gasteiger charge is 2.14. The summed E-state index contributed by atoms with van der Waals surface area (Å²) in [6, 6.07) is 4.43. The second-order valence-corrected chi connectivity index (χ2v) is 3.75. The van der Waals surface area contributed by atoms with E-state index in [1.54, 1.807) is 6.08 Å². The number of allylic oxidation sites excluding steroid dienone is 1. The Balaban J connectivity index is 2.92. The van der Waals surface area contributed by atoms with Crippen LogP contribution in [0.15, 0.2) is 30.9 Å². The minimum atomic E-state index is -1.13. The Morgan fingerprint density at radius 3 is 2.76 bits per heavy atom. The van der Waals surface area contributed by atoms with Gasteiger partial charge < -0.3 is 10.4 Å². The molecule has 0 atom stereocenters. The number of anilines is 1. The van der Waals surface area contributed by atoms with Crippen LogP contribution in [0.2, 0.25) is 5.02 Å². The summed E-state index contributed by atoms with van der Waals surface area (Å²) in [7, 11) is 0. The average Bonchev–Trinajstić information content (AvgIpc) is 2.28. The molecule has 0 unspecified atom stereocenters. The first-order chi connectivity index (χ1) is 8.06. The number of halogens is 1. The van der Waals surface area contributed by atoms with Crippen LogP contribution in [0.5, 0.6) is 0 Å². The lowest BCUT2D eigenvalue weighted by atomic mass is 10.1. The van der Waals surface area contributed by atoms with Crippen molar-refractivity contribution in [1.82, 2.24) is 0 Å². The third kappa shape index (κ3) is 3.60. The quantitative estimate of drug-likeness (QED) is 0.793. The number of nitrogens with one attached hydrogen (secondary N) is 1. The standard InChI is InChI=1S/C12H12ClNO3/c1-2-3-7-10(15)14-11-8(12(16)17)5-4-6-9(11)13/h2,4-6H,1,3,7H2,(H,14,15)(H,16,17). The molecule has 2 N–H and O–H groups in total. The van der Waals surface area contributed by atoms with Gasteiger partial charge in [0, 0.05) is 6.42 Å². The van der Waals surface area contributed by atoms with Crippen LogP contribution in [0.1, 0.15) is 23.2 Å². The summed E-state index contributed by atoms with van der Waals surface area (Å²) in [6.45, 7) is 3.50. The molecule has 0 radical (unpaired) electrons. The second-order valence-electron chi connectivity index (χ2n) is 3.34. The van der Waals surface area contributed by atoms with Crippen molar-refractivity contribution in [3.63, 3.8) is 0 Å². The number of aromatic carboxylic acids is 1. The van der Waals surface area contributed by atoms with E-state index in [-0.39, 0.29) is 28.6 Å². The van der Waals surface area contributed by atoms with Crippen LogP contribution < -0.4 is 5.32 Å². The Bertz CT molecular complexity index is 457. The van der Waals surface area contributed by atoms with Crippen LogP contribution in [-0.2, 0) is 4.79 Å². The van der Waals surface area contributed by atoms with Crippen LogP contribution >= 0.6 is 11.6 Å². The number of carboxylic acids is 1. The topological polar surface area (TPSA) is 66.4 Å². The first kappa shape index (κ1) is 13.3. The number of carboxylic acid groups (broad SMARTS) is 1. The fourth-order valence-corrected chi connectivity index (χ4v) is 1.49. The number of benzene rings is 1. The van der Waals surface area contributed by atoms with Crippen molar-refractivity contribution in [3.05, 3.63) is 41.4 Å². The zero-order valence-corrected chi connectivity index (χ0v) is 9.83. The normalized spacial score (nSPS) is 9.71. The van der Waals surface area contributed by atoms with Gasteiger partial charge in [-0.05, 0) is 18.6 Å². The van der Waals surface area contributed by atoms with Crippen LogP contribution in [0.4, 0.5) is 5.69 Å². The average molecular weight is 254 g/mol. The lowest BCUT2D eigenvalue weighted by Gasteiger charge is -2.09. The molecule has 0 aliphatic carbocycles. The predicted molar refractivity (Wildman–Crippen MR) is 66.5 cm³/mol. The maximum absolute atomic E-state index is 11.5. The Hall–Kier alpha value is -1.81. The fraction of sp³-hybridized carbons (Fsp3) is 0.167. The Morgan fingerprint density at radius 2 is 2.18 bits per heavy atom. The van der Waals surface area contributed by atoms with Gasteiger partial charge in [-0.15, -0.1) is 6.58 Å². The zero-order chi connectivity index (χ0) is 12.8. The summed E-state index contributed by atoms with van der Waals surface area (Å²) in [5.74, 6) is -1.42. The van der Waals surface area contributed by atoms with E-state index in [4.69, 9.17) is 16.7 Å². The number of hydrogen-bond donors (Lipinski definition) is 2. The van der Waals surface area contributed by atoms with Gasteiger partial charge in [-0.3, -0.25) is 4.79 Å². The zero-order valence-electron chi connectivity index (χ0n) is 9.07. The van der Waals surface area contributed by atoms with Crippen molar-refractivity contribution >= 4 is 29.2 Å². The van der Waals surface area contributed by atoms with E-state index in [9.17, 15) is 9.59 Å². The van der Waals surface area contributed by atoms with E-state index in [1.165, 1.54) is 18.2 Å². The first-order valence-corrected chi connectivity index (χ1v) is 5.36. The highest BCUT2D eigenvalue weighted by atomic mass is 35.5. The lowest BCUT2D eigenvalue weighted by molar-refractivity contribution is -0.116. The van der Waals surface area contributed by atoms with Crippen molar-refractivity contribution in [3.8, 4) is 0 Å². The molecule has 0 fully saturated rings. The number of carbonyl (C=O) groups is 2. The van der Waals surface area contributed by atoms with Gasteiger partial charge in [0.25, 0.3) is 0 Å². The largest absolute Gasteiger partial charge is 0.478 e. The molecule has 0 aliphatic heterocycles. The SMILES string of the molecule is C=CCCC(=O)Nc1c(Cl)cccc1C(=O)O. The molecule has 17 heavy (non-hydrogen) atoms. The number of hydrogen-bond acceptors (Lipinski definition) is 2. The van der Waals surface area contributed by atoms with Crippen molar-refractivity contribution in [2.75, 3.05) is 5.32 Å². The van der Waals surface area contributed by atoms with Gasteiger partial charge in [0.2, 0.25) is 5.91 Å². The molecule has 0 aromatic heterocycles. The molecule has 0 heterocycles. The summed E-state index contributed by atoms with van der Waals surface area (Å²) in [6.07, 6.45) is 2.39. The number of para-hydroxylation sites is 1. The highest BCUT2D eigenvalue weighted by molar-refractivity contribution is 6.34. The summed E-state index contributed by atoms with van der Waals surface area (Å²) in [5.41, 5.74) is 0.111. The van der Waals surface area contributed by atoms with Gasteiger partial charge in [-0.2, -0.15) is 0 Å². The molecular weight excluding hydrogens is 242 g/mol. The van der Waals surface area contributed by atoms with Crippen LogP contribution in [0, 0.1) is 0 Å². The fourth-order valence-electron chi connectivity index (χ4n) is 1.26. The Labute approximate surface area is 104 Å². The number of amides is 1. The van der Waals surface area contributed by atoms with E-state index in [1.807, 2.05) is 0 Å². The molecule has 90 valence electrons. The predicted octanol–water partition coefficient (Wildman–Crippen LogP) is 2.94.